The van der Waals surface area contributed by atoms with E-state index in [0.29, 0.717) is 0 Å². The third kappa shape index (κ3) is 2.04. The summed E-state index contributed by atoms with van der Waals surface area (Å²) in [5.41, 5.74) is -3.05. The van der Waals surface area contributed by atoms with Gasteiger partial charge in [-0.15, -0.1) is 0 Å². The lowest BCUT2D eigenvalue weighted by molar-refractivity contribution is -0.0409. The van der Waals surface area contributed by atoms with Crippen molar-refractivity contribution < 1.29 is 17.6 Å². The van der Waals surface area contributed by atoms with Crippen molar-refractivity contribution in [3.05, 3.63) is 0 Å². The Bertz CT molecular complexity index is 117. The minimum absolute atomic E-state index is 3.05. The molecule has 0 aliphatic rings. The minimum atomic E-state index is -4.52. The van der Waals surface area contributed by atoms with Crippen molar-refractivity contribution in [1.82, 2.24) is 0 Å². The predicted molar refractivity (Wildman–Crippen MR) is 31.2 cm³/mol. The molecule has 0 aliphatic carbocycles. The zero-order chi connectivity index (χ0) is 8.58. The van der Waals surface area contributed by atoms with Crippen molar-refractivity contribution >= 4 is 34.8 Å². The molecule has 0 aromatic carbocycles. The van der Waals surface area contributed by atoms with E-state index in [1.165, 1.54) is 0 Å². The smallest absolute Gasteiger partial charge is 0.225 e. The van der Waals surface area contributed by atoms with Crippen LogP contribution in [0.4, 0.5) is 17.6 Å². The van der Waals surface area contributed by atoms with Crippen LogP contribution in [0.2, 0.25) is 0 Å². The summed E-state index contributed by atoms with van der Waals surface area (Å²) in [5.74, 6) is 0. The Morgan fingerprint density at radius 2 is 1.40 bits per heavy atom. The zero-order valence-electron chi connectivity index (χ0n) is 4.22. The van der Waals surface area contributed by atoms with E-state index in [9.17, 15) is 17.6 Å². The molecule has 0 spiro atoms. The Labute approximate surface area is 69.0 Å². The molecule has 0 saturated carbocycles. The van der Waals surface area contributed by atoms with Gasteiger partial charge in [-0.2, -0.15) is 8.78 Å². The molecule has 0 aromatic rings. The second-order valence-corrected chi connectivity index (χ2v) is 2.83. The fraction of sp³-hybridized carbons (Fsp3) is 1.00. The van der Waals surface area contributed by atoms with Crippen LogP contribution >= 0.6 is 34.8 Å². The van der Waals surface area contributed by atoms with Gasteiger partial charge in [-0.3, -0.25) is 0 Å². The van der Waals surface area contributed by atoms with Crippen LogP contribution in [0.25, 0.3) is 0 Å². The maximum atomic E-state index is 12.1. The molecule has 2 unspecified atom stereocenters. The third-order valence-electron chi connectivity index (χ3n) is 0.652. The average Bonchev–Trinajstić information content (AvgIpc) is 1.62. The Morgan fingerprint density at radius 3 is 1.40 bits per heavy atom. The summed E-state index contributed by atoms with van der Waals surface area (Å²) in [6.45, 7) is 0. The van der Waals surface area contributed by atoms with Crippen molar-refractivity contribution in [1.29, 1.82) is 0 Å². The van der Waals surface area contributed by atoms with Crippen LogP contribution in [0.15, 0.2) is 0 Å². The molecule has 0 heterocycles. The average molecular weight is 219 g/mol. The van der Waals surface area contributed by atoms with E-state index in [1.807, 2.05) is 0 Å². The molecule has 0 aliphatic heterocycles. The van der Waals surface area contributed by atoms with Crippen molar-refractivity contribution in [3.8, 4) is 0 Å². The monoisotopic (exact) mass is 218 g/mol. The molecule has 10 heavy (non-hydrogen) atoms. The molecule has 0 N–H and O–H groups in total. The Kier molecular flexibility index (Phi) is 3.08. The van der Waals surface area contributed by atoms with Crippen LogP contribution in [0.3, 0.4) is 0 Å². The lowest BCUT2D eigenvalue weighted by Crippen LogP contribution is -2.40. The van der Waals surface area contributed by atoms with Crippen molar-refractivity contribution in [2.75, 3.05) is 0 Å². The first-order chi connectivity index (χ1) is 4.19. The molecule has 0 bridgehead atoms. The minimum Gasteiger partial charge on any atom is -0.225 e. The lowest BCUT2D eigenvalue weighted by atomic mass is 10.4. The molecule has 2 atom stereocenters. The fourth-order valence-corrected chi connectivity index (χ4v) is 0.412. The Balaban J connectivity index is 4.40. The van der Waals surface area contributed by atoms with E-state index in [0.717, 1.165) is 0 Å². The van der Waals surface area contributed by atoms with Gasteiger partial charge >= 0.3 is 10.5 Å². The second-order valence-electron chi connectivity index (χ2n) is 1.42. The molecule has 0 fully saturated rings. The number of alkyl halides is 7. The van der Waals surface area contributed by atoms with Crippen molar-refractivity contribution in [2.24, 2.45) is 0 Å². The van der Waals surface area contributed by atoms with E-state index >= 15 is 0 Å². The number of hydrogen-bond acceptors (Lipinski definition) is 0. The molecule has 0 saturated heterocycles. The SMILES string of the molecule is FC(Cl)C(F)(Cl)C(F)(F)Cl. The topological polar surface area (TPSA) is 0 Å². The van der Waals surface area contributed by atoms with Crippen molar-refractivity contribution in [2.45, 2.75) is 16.1 Å². The highest BCUT2D eigenvalue weighted by Crippen LogP contribution is 2.44. The first kappa shape index (κ1) is 10.6. The maximum absolute atomic E-state index is 12.1. The molecular formula is C3HCl3F4. The largest absolute Gasteiger partial charge is 0.373 e. The van der Waals surface area contributed by atoms with Crippen LogP contribution in [0.1, 0.15) is 0 Å². The zero-order valence-corrected chi connectivity index (χ0v) is 6.49. The van der Waals surface area contributed by atoms with Gasteiger partial charge in [-0.05, 0) is 11.6 Å². The summed E-state index contributed by atoms with van der Waals surface area (Å²) in [4.78, 5) is 0. The van der Waals surface area contributed by atoms with Gasteiger partial charge in [0, 0.05) is 0 Å². The van der Waals surface area contributed by atoms with E-state index in [1.54, 1.807) is 0 Å². The summed E-state index contributed by atoms with van der Waals surface area (Å²) in [7, 11) is 0. The lowest BCUT2D eigenvalue weighted by Gasteiger charge is -2.21. The fourth-order valence-electron chi connectivity index (χ4n) is 0.124. The molecule has 62 valence electrons. The normalized spacial score (nSPS) is 21.9. The highest BCUT2D eigenvalue weighted by molar-refractivity contribution is 6.36. The van der Waals surface area contributed by atoms with Gasteiger partial charge < -0.3 is 0 Å². The number of halogens is 7. The molecule has 0 nitrogen and oxygen atoms in total. The highest BCUT2D eigenvalue weighted by atomic mass is 35.5. The van der Waals surface area contributed by atoms with Gasteiger partial charge in [-0.1, -0.05) is 23.2 Å². The summed E-state index contributed by atoms with van der Waals surface area (Å²) in [5, 5.41) is -8.58. The first-order valence-electron chi connectivity index (χ1n) is 1.92. The predicted octanol–water partition coefficient (Wildman–Crippen LogP) is 3.26. The summed E-state index contributed by atoms with van der Waals surface area (Å²) >= 11 is 12.7. The molecule has 0 radical (unpaired) electrons. The summed E-state index contributed by atoms with van der Waals surface area (Å²) in [6.07, 6.45) is 0. The molecule has 0 amide bonds. The van der Waals surface area contributed by atoms with E-state index in [4.69, 9.17) is 0 Å². The third-order valence-corrected chi connectivity index (χ3v) is 1.87. The van der Waals surface area contributed by atoms with E-state index in [-0.39, 0.29) is 0 Å². The molecule has 7 heteroatoms. The summed E-state index contributed by atoms with van der Waals surface area (Å²) < 4.78 is 47.1. The highest BCUT2D eigenvalue weighted by Gasteiger charge is 2.58. The maximum Gasteiger partial charge on any atom is 0.373 e. The van der Waals surface area contributed by atoms with Crippen LogP contribution in [-0.2, 0) is 0 Å². The Hall–Kier alpha value is 0.590. The van der Waals surface area contributed by atoms with Crippen LogP contribution in [0, 0.1) is 0 Å². The van der Waals surface area contributed by atoms with Crippen LogP contribution in [-0.4, -0.2) is 16.1 Å². The molecule has 0 aromatic heterocycles. The Morgan fingerprint density at radius 1 is 1.10 bits per heavy atom. The van der Waals surface area contributed by atoms with E-state index in [2.05, 4.69) is 34.8 Å². The van der Waals surface area contributed by atoms with Crippen LogP contribution < -0.4 is 0 Å². The van der Waals surface area contributed by atoms with Gasteiger partial charge in [0.25, 0.3) is 0 Å². The van der Waals surface area contributed by atoms with Gasteiger partial charge in [0.15, 0.2) is 0 Å². The summed E-state index contributed by atoms with van der Waals surface area (Å²) in [6, 6.07) is 0. The number of hydrogen-bond donors (Lipinski definition) is 0. The van der Waals surface area contributed by atoms with Crippen molar-refractivity contribution in [3.63, 3.8) is 0 Å². The van der Waals surface area contributed by atoms with Gasteiger partial charge in [0.05, 0.1) is 0 Å². The van der Waals surface area contributed by atoms with Crippen LogP contribution in [0.5, 0.6) is 0 Å². The van der Waals surface area contributed by atoms with Gasteiger partial charge in [0.1, 0.15) is 0 Å². The number of rotatable bonds is 2. The quantitative estimate of drug-likeness (QED) is 0.494. The molecular weight excluding hydrogens is 218 g/mol. The van der Waals surface area contributed by atoms with Gasteiger partial charge in [0.2, 0.25) is 5.63 Å². The van der Waals surface area contributed by atoms with E-state index < -0.39 is 16.1 Å². The first-order valence-corrected chi connectivity index (χ1v) is 3.11. The van der Waals surface area contributed by atoms with Gasteiger partial charge in [-0.25, -0.2) is 8.78 Å². The standard InChI is InChI=1S/C3HCl3F4/c4-1(7)2(5,8)3(6,9)10/h1H. The second kappa shape index (κ2) is 2.91. The molecule has 0 rings (SSSR count).